The number of ether oxygens (including phenoxy) is 1. The van der Waals surface area contributed by atoms with Crippen LogP contribution in [0.2, 0.25) is 0 Å². The lowest BCUT2D eigenvalue weighted by Crippen LogP contribution is -2.08. The lowest BCUT2D eigenvalue weighted by atomic mass is 10.0. The van der Waals surface area contributed by atoms with Crippen LogP contribution in [-0.2, 0) is 9.59 Å². The van der Waals surface area contributed by atoms with Gasteiger partial charge in [0.1, 0.15) is 5.75 Å². The SMILES string of the molecule is CC(=O)Nc1cc(OC(C)=O)c2c3ccccc3c3cccn3c2c1. The summed E-state index contributed by atoms with van der Waals surface area (Å²) in [6, 6.07) is 15.6. The first kappa shape index (κ1) is 15.2. The molecule has 5 nitrogen and oxygen atoms in total. The molecule has 0 radical (unpaired) electrons. The van der Waals surface area contributed by atoms with E-state index >= 15 is 0 Å². The van der Waals surface area contributed by atoms with Crippen molar-refractivity contribution < 1.29 is 14.3 Å². The molecule has 2 aromatic heterocycles. The van der Waals surface area contributed by atoms with Crippen LogP contribution in [0.25, 0.3) is 27.2 Å². The van der Waals surface area contributed by atoms with Gasteiger partial charge in [-0.3, -0.25) is 9.59 Å². The summed E-state index contributed by atoms with van der Waals surface area (Å²) in [5, 5.41) is 5.67. The average Bonchev–Trinajstić information content (AvgIpc) is 3.03. The second-order valence-corrected chi connectivity index (χ2v) is 5.95. The van der Waals surface area contributed by atoms with E-state index in [0.29, 0.717) is 11.4 Å². The molecule has 2 aromatic carbocycles. The van der Waals surface area contributed by atoms with Crippen molar-refractivity contribution >= 4 is 44.8 Å². The predicted octanol–water partition coefficient (Wildman–Crippen LogP) is 4.13. The van der Waals surface area contributed by atoms with Gasteiger partial charge in [0, 0.05) is 42.6 Å². The molecule has 0 atom stereocenters. The number of anilines is 1. The molecule has 124 valence electrons. The smallest absolute Gasteiger partial charge is 0.308 e. The number of amides is 1. The Balaban J connectivity index is 2.20. The highest BCUT2D eigenvalue weighted by molar-refractivity contribution is 6.16. The van der Waals surface area contributed by atoms with E-state index in [1.54, 1.807) is 6.07 Å². The van der Waals surface area contributed by atoms with Gasteiger partial charge in [-0.15, -0.1) is 0 Å². The summed E-state index contributed by atoms with van der Waals surface area (Å²) in [4.78, 5) is 23.1. The normalized spacial score (nSPS) is 11.1. The maximum Gasteiger partial charge on any atom is 0.308 e. The molecule has 0 saturated carbocycles. The van der Waals surface area contributed by atoms with Crippen molar-refractivity contribution in [2.75, 3.05) is 5.32 Å². The summed E-state index contributed by atoms with van der Waals surface area (Å²) in [6.45, 7) is 2.81. The van der Waals surface area contributed by atoms with Crippen molar-refractivity contribution in [3.63, 3.8) is 0 Å². The Morgan fingerprint density at radius 1 is 0.960 bits per heavy atom. The number of hydrogen-bond donors (Lipinski definition) is 1. The van der Waals surface area contributed by atoms with Crippen molar-refractivity contribution in [2.45, 2.75) is 13.8 Å². The number of aromatic nitrogens is 1. The number of rotatable bonds is 2. The third-order valence-corrected chi connectivity index (χ3v) is 4.14. The van der Waals surface area contributed by atoms with Gasteiger partial charge < -0.3 is 14.5 Å². The lowest BCUT2D eigenvalue weighted by molar-refractivity contribution is -0.131. The van der Waals surface area contributed by atoms with Crippen molar-refractivity contribution in [3.8, 4) is 5.75 Å². The van der Waals surface area contributed by atoms with Crippen LogP contribution in [0.4, 0.5) is 5.69 Å². The maximum atomic E-state index is 11.6. The number of carbonyl (C=O) groups excluding carboxylic acids is 2. The van der Waals surface area contributed by atoms with Crippen molar-refractivity contribution in [1.29, 1.82) is 0 Å². The molecule has 0 aliphatic heterocycles. The number of hydrogen-bond acceptors (Lipinski definition) is 3. The minimum absolute atomic E-state index is 0.183. The number of benzene rings is 2. The zero-order valence-corrected chi connectivity index (χ0v) is 13.9. The first-order valence-corrected chi connectivity index (χ1v) is 7.96. The predicted molar refractivity (Wildman–Crippen MR) is 98.0 cm³/mol. The molecule has 2 heterocycles. The van der Waals surface area contributed by atoms with E-state index in [-0.39, 0.29) is 5.91 Å². The molecule has 0 fully saturated rings. The van der Waals surface area contributed by atoms with Gasteiger partial charge in [0.2, 0.25) is 5.91 Å². The van der Waals surface area contributed by atoms with Crippen LogP contribution >= 0.6 is 0 Å². The molecule has 1 amide bonds. The highest BCUT2D eigenvalue weighted by atomic mass is 16.5. The van der Waals surface area contributed by atoms with Crippen molar-refractivity contribution in [1.82, 2.24) is 4.40 Å². The Labute approximate surface area is 143 Å². The molecular weight excluding hydrogens is 316 g/mol. The van der Waals surface area contributed by atoms with Crippen LogP contribution < -0.4 is 10.1 Å². The van der Waals surface area contributed by atoms with Gasteiger partial charge in [0.25, 0.3) is 0 Å². The number of nitrogens with one attached hydrogen (secondary N) is 1. The minimum Gasteiger partial charge on any atom is -0.426 e. The van der Waals surface area contributed by atoms with E-state index in [4.69, 9.17) is 4.74 Å². The van der Waals surface area contributed by atoms with Crippen LogP contribution in [-0.4, -0.2) is 16.3 Å². The zero-order valence-electron chi connectivity index (χ0n) is 13.9. The summed E-state index contributed by atoms with van der Waals surface area (Å²) < 4.78 is 7.52. The number of esters is 1. The summed E-state index contributed by atoms with van der Waals surface area (Å²) in [7, 11) is 0. The van der Waals surface area contributed by atoms with Crippen molar-refractivity contribution in [3.05, 3.63) is 54.7 Å². The average molecular weight is 332 g/mol. The van der Waals surface area contributed by atoms with Crippen LogP contribution in [0.3, 0.4) is 0 Å². The Kier molecular flexibility index (Phi) is 3.42. The molecule has 0 aliphatic carbocycles. The molecule has 1 N–H and O–H groups in total. The van der Waals surface area contributed by atoms with Crippen molar-refractivity contribution in [2.24, 2.45) is 0 Å². The number of carbonyl (C=O) groups is 2. The fraction of sp³-hybridized carbons (Fsp3) is 0.100. The van der Waals surface area contributed by atoms with E-state index in [9.17, 15) is 9.59 Å². The van der Waals surface area contributed by atoms with E-state index in [2.05, 4.69) is 5.32 Å². The number of fused-ring (bicyclic) bond motifs is 6. The van der Waals surface area contributed by atoms with E-state index in [0.717, 1.165) is 27.2 Å². The first-order chi connectivity index (χ1) is 12.0. The third-order valence-electron chi connectivity index (χ3n) is 4.14. The largest absolute Gasteiger partial charge is 0.426 e. The first-order valence-electron chi connectivity index (χ1n) is 7.96. The second kappa shape index (κ2) is 5.63. The van der Waals surface area contributed by atoms with E-state index in [1.165, 1.54) is 13.8 Å². The van der Waals surface area contributed by atoms with Crippen LogP contribution in [0.1, 0.15) is 13.8 Å². The maximum absolute atomic E-state index is 11.6. The molecule has 4 rings (SSSR count). The second-order valence-electron chi connectivity index (χ2n) is 5.95. The quantitative estimate of drug-likeness (QED) is 0.341. The Morgan fingerprint density at radius 3 is 2.44 bits per heavy atom. The lowest BCUT2D eigenvalue weighted by Gasteiger charge is -2.15. The third kappa shape index (κ3) is 2.50. The highest BCUT2D eigenvalue weighted by Gasteiger charge is 2.15. The number of nitrogens with zero attached hydrogens (tertiary/aromatic N) is 1. The summed E-state index contributed by atoms with van der Waals surface area (Å²) in [6.07, 6.45) is 1.96. The monoisotopic (exact) mass is 332 g/mol. The van der Waals surface area contributed by atoms with Crippen LogP contribution in [0.5, 0.6) is 5.75 Å². The minimum atomic E-state index is -0.405. The van der Waals surface area contributed by atoms with Gasteiger partial charge in [-0.25, -0.2) is 0 Å². The van der Waals surface area contributed by atoms with Crippen LogP contribution in [0.15, 0.2) is 54.7 Å². The fourth-order valence-corrected chi connectivity index (χ4v) is 3.31. The number of pyridine rings is 1. The molecule has 0 bridgehead atoms. The van der Waals surface area contributed by atoms with Gasteiger partial charge in [-0.2, -0.15) is 0 Å². The van der Waals surface area contributed by atoms with Gasteiger partial charge in [-0.05, 0) is 23.6 Å². The summed E-state index contributed by atoms with van der Waals surface area (Å²) >= 11 is 0. The molecule has 0 aliphatic rings. The summed E-state index contributed by atoms with van der Waals surface area (Å²) in [5.41, 5.74) is 2.50. The standard InChI is InChI=1S/C20H16N2O3/c1-12(23)21-14-10-18-20(19(11-14)25-13(2)24)16-7-4-3-6-15(16)17-8-5-9-22(17)18/h3-11H,1-2H3,(H,21,23). The highest BCUT2D eigenvalue weighted by Crippen LogP contribution is 2.38. The van der Waals surface area contributed by atoms with E-state index < -0.39 is 5.97 Å². The molecule has 0 spiro atoms. The van der Waals surface area contributed by atoms with Crippen LogP contribution in [0, 0.1) is 0 Å². The molecule has 25 heavy (non-hydrogen) atoms. The fourth-order valence-electron chi connectivity index (χ4n) is 3.31. The van der Waals surface area contributed by atoms with Gasteiger partial charge in [0.05, 0.1) is 11.0 Å². The molecular formula is C20H16N2O3. The molecule has 0 unspecified atom stereocenters. The topological polar surface area (TPSA) is 59.8 Å². The Bertz CT molecular complexity index is 1160. The molecule has 0 saturated heterocycles. The molecule has 4 aromatic rings. The Hall–Kier alpha value is -3.34. The van der Waals surface area contributed by atoms with Gasteiger partial charge in [0.15, 0.2) is 0 Å². The van der Waals surface area contributed by atoms with Gasteiger partial charge >= 0.3 is 5.97 Å². The summed E-state index contributed by atoms with van der Waals surface area (Å²) in [5.74, 6) is -0.156. The van der Waals surface area contributed by atoms with Gasteiger partial charge in [-0.1, -0.05) is 24.3 Å². The zero-order chi connectivity index (χ0) is 17.6. The molecule has 5 heteroatoms. The Morgan fingerprint density at radius 2 is 1.72 bits per heavy atom. The van der Waals surface area contributed by atoms with E-state index in [1.807, 2.05) is 53.1 Å².